The summed E-state index contributed by atoms with van der Waals surface area (Å²) in [6.45, 7) is 0. The maximum absolute atomic E-state index is 14.5. The molecule has 1 aliphatic carbocycles. The van der Waals surface area contributed by atoms with E-state index >= 15 is 0 Å². The van der Waals surface area contributed by atoms with Crippen LogP contribution in [0.1, 0.15) is 36.0 Å². The SMILES string of the molecule is CN/C=C(\C=N)Nc1nc(N[C@@H]2CCCC[C@@H]2NC)c(F)cc1C(N)=O. The molecule has 1 saturated carbocycles. The Bertz CT molecular complexity index is 692. The number of hydrogen-bond acceptors (Lipinski definition) is 7. The zero-order chi connectivity index (χ0) is 19.1. The van der Waals surface area contributed by atoms with Crippen LogP contribution in [0.25, 0.3) is 0 Å². The Hall–Kier alpha value is -2.68. The van der Waals surface area contributed by atoms with E-state index in [1.807, 2.05) is 7.05 Å². The van der Waals surface area contributed by atoms with Crippen LogP contribution in [0.3, 0.4) is 0 Å². The number of nitrogens with zero attached hydrogens (tertiary/aromatic N) is 1. The number of nitrogens with two attached hydrogens (primary N) is 1. The van der Waals surface area contributed by atoms with Crippen LogP contribution in [0.2, 0.25) is 0 Å². The van der Waals surface area contributed by atoms with Crippen molar-refractivity contribution < 1.29 is 9.18 Å². The predicted molar refractivity (Wildman–Crippen MR) is 101 cm³/mol. The molecule has 7 N–H and O–H groups in total. The molecule has 0 unspecified atom stereocenters. The van der Waals surface area contributed by atoms with E-state index in [2.05, 4.69) is 26.3 Å². The highest BCUT2D eigenvalue weighted by molar-refractivity contribution is 5.99. The van der Waals surface area contributed by atoms with Crippen LogP contribution < -0.4 is 27.0 Å². The molecular formula is C17H26FN7O. The van der Waals surface area contributed by atoms with Crippen LogP contribution in [0.4, 0.5) is 16.0 Å². The minimum absolute atomic E-state index is 0.0399. The third-order valence-corrected chi connectivity index (χ3v) is 4.42. The van der Waals surface area contributed by atoms with E-state index < -0.39 is 11.7 Å². The molecule has 142 valence electrons. The third-order valence-electron chi connectivity index (χ3n) is 4.42. The van der Waals surface area contributed by atoms with Crippen LogP contribution in [0.15, 0.2) is 18.0 Å². The van der Waals surface area contributed by atoms with Gasteiger partial charge in [-0.1, -0.05) is 12.8 Å². The van der Waals surface area contributed by atoms with Gasteiger partial charge in [0.25, 0.3) is 5.91 Å². The van der Waals surface area contributed by atoms with E-state index in [1.165, 1.54) is 6.20 Å². The van der Waals surface area contributed by atoms with Gasteiger partial charge in [0.1, 0.15) is 5.82 Å². The first kappa shape index (κ1) is 19.6. The van der Waals surface area contributed by atoms with E-state index in [0.717, 1.165) is 38.0 Å². The Balaban J connectivity index is 2.34. The maximum atomic E-state index is 14.5. The highest BCUT2D eigenvalue weighted by atomic mass is 19.1. The standard InChI is InChI=1S/C17H26FN7O/c1-21-9-10(8-19)23-16-11(15(20)26)7-12(18)17(25-16)24-14-6-4-3-5-13(14)22-2/h7-9,13-14,19,21-22H,3-6H2,1-2H3,(H2,20,26)(H2,23,24,25)/b10-9+,19-8?/t13-,14+/m0/s1. The second kappa shape index (κ2) is 9.14. The summed E-state index contributed by atoms with van der Waals surface area (Å²) in [4.78, 5) is 15.9. The molecule has 0 bridgehead atoms. The molecule has 1 aromatic heterocycles. The van der Waals surface area contributed by atoms with Crippen molar-refractivity contribution in [3.05, 3.63) is 29.3 Å². The summed E-state index contributed by atoms with van der Waals surface area (Å²) in [5.74, 6) is -1.29. The Morgan fingerprint density at radius 3 is 2.58 bits per heavy atom. The number of allylic oxidation sites excluding steroid dienone is 1. The fourth-order valence-corrected chi connectivity index (χ4v) is 3.10. The van der Waals surface area contributed by atoms with E-state index in [0.29, 0.717) is 5.70 Å². The first-order chi connectivity index (χ1) is 12.5. The lowest BCUT2D eigenvalue weighted by Crippen LogP contribution is -2.45. The van der Waals surface area contributed by atoms with Gasteiger partial charge in [0, 0.05) is 31.5 Å². The molecule has 1 aromatic rings. The molecule has 0 saturated heterocycles. The summed E-state index contributed by atoms with van der Waals surface area (Å²) in [5, 5.41) is 19.4. The molecular weight excluding hydrogens is 337 g/mol. The molecule has 9 heteroatoms. The summed E-state index contributed by atoms with van der Waals surface area (Å²) in [6, 6.07) is 1.33. The van der Waals surface area contributed by atoms with Crippen LogP contribution in [-0.2, 0) is 0 Å². The quantitative estimate of drug-likeness (QED) is 0.387. The van der Waals surface area contributed by atoms with E-state index in [9.17, 15) is 9.18 Å². The van der Waals surface area contributed by atoms with Crippen LogP contribution in [0, 0.1) is 11.2 Å². The molecule has 1 heterocycles. The summed E-state index contributed by atoms with van der Waals surface area (Å²) in [6.07, 6.45) is 6.67. The van der Waals surface area contributed by atoms with Crippen molar-refractivity contribution in [1.29, 1.82) is 5.41 Å². The minimum Gasteiger partial charge on any atom is -0.392 e. The Kier molecular flexibility index (Phi) is 6.90. The van der Waals surface area contributed by atoms with Gasteiger partial charge < -0.3 is 32.4 Å². The number of hydrogen-bond donors (Lipinski definition) is 6. The molecule has 0 radical (unpaired) electrons. The van der Waals surface area contributed by atoms with Gasteiger partial charge in [0.15, 0.2) is 11.6 Å². The van der Waals surface area contributed by atoms with Crippen molar-refractivity contribution in [2.45, 2.75) is 37.8 Å². The highest BCUT2D eigenvalue weighted by Gasteiger charge is 2.26. The maximum Gasteiger partial charge on any atom is 0.252 e. The smallest absolute Gasteiger partial charge is 0.252 e. The van der Waals surface area contributed by atoms with Gasteiger partial charge in [0.2, 0.25) is 0 Å². The largest absolute Gasteiger partial charge is 0.392 e. The average Bonchev–Trinajstić information content (AvgIpc) is 2.63. The third kappa shape index (κ3) is 4.69. The molecule has 0 aromatic carbocycles. The molecule has 8 nitrogen and oxygen atoms in total. The number of likely N-dealkylation sites (N-methyl/N-ethyl adjacent to an activating group) is 1. The second-order valence-corrected chi connectivity index (χ2v) is 6.17. The van der Waals surface area contributed by atoms with Gasteiger partial charge in [-0.05, 0) is 26.0 Å². The first-order valence-electron chi connectivity index (χ1n) is 8.59. The lowest BCUT2D eigenvalue weighted by atomic mass is 9.90. The number of halogens is 1. The van der Waals surface area contributed by atoms with Crippen molar-refractivity contribution in [2.24, 2.45) is 5.73 Å². The molecule has 1 aliphatic rings. The van der Waals surface area contributed by atoms with Crippen molar-refractivity contribution >= 4 is 23.8 Å². The number of nitrogens with one attached hydrogen (secondary N) is 5. The first-order valence-corrected chi connectivity index (χ1v) is 8.59. The van der Waals surface area contributed by atoms with E-state index in [-0.39, 0.29) is 29.3 Å². The summed E-state index contributed by atoms with van der Waals surface area (Å²) in [5.41, 5.74) is 5.62. The number of anilines is 2. The molecule has 2 atom stereocenters. The monoisotopic (exact) mass is 363 g/mol. The Morgan fingerprint density at radius 2 is 2.00 bits per heavy atom. The topological polar surface area (TPSA) is 128 Å². The average molecular weight is 363 g/mol. The molecule has 2 rings (SSSR count). The summed E-state index contributed by atoms with van der Waals surface area (Å²) < 4.78 is 14.5. The second-order valence-electron chi connectivity index (χ2n) is 6.17. The zero-order valence-electron chi connectivity index (χ0n) is 15.0. The van der Waals surface area contributed by atoms with Gasteiger partial charge in [0.05, 0.1) is 11.3 Å². The van der Waals surface area contributed by atoms with Crippen molar-refractivity contribution in [3.8, 4) is 0 Å². The minimum atomic E-state index is -0.801. The fraction of sp³-hybridized carbons (Fsp3) is 0.471. The van der Waals surface area contributed by atoms with Gasteiger partial charge in [-0.2, -0.15) is 0 Å². The highest BCUT2D eigenvalue weighted by Crippen LogP contribution is 2.26. The Morgan fingerprint density at radius 1 is 1.31 bits per heavy atom. The number of primary amides is 1. The summed E-state index contributed by atoms with van der Waals surface area (Å²) in [7, 11) is 3.56. The lowest BCUT2D eigenvalue weighted by Gasteiger charge is -2.32. The number of amides is 1. The lowest BCUT2D eigenvalue weighted by molar-refractivity contribution is 0.100. The normalized spacial score (nSPS) is 20.3. The molecule has 0 aliphatic heterocycles. The number of aromatic nitrogens is 1. The number of carbonyl (C=O) groups is 1. The van der Waals surface area contributed by atoms with E-state index in [1.54, 1.807) is 7.05 Å². The zero-order valence-corrected chi connectivity index (χ0v) is 15.0. The molecule has 0 spiro atoms. The molecule has 1 amide bonds. The van der Waals surface area contributed by atoms with Gasteiger partial charge >= 0.3 is 0 Å². The number of pyridine rings is 1. The van der Waals surface area contributed by atoms with Crippen molar-refractivity contribution in [1.82, 2.24) is 15.6 Å². The van der Waals surface area contributed by atoms with Crippen LogP contribution >= 0.6 is 0 Å². The summed E-state index contributed by atoms with van der Waals surface area (Å²) >= 11 is 0. The van der Waals surface area contributed by atoms with Crippen molar-refractivity contribution in [2.75, 3.05) is 24.7 Å². The van der Waals surface area contributed by atoms with Crippen LogP contribution in [0.5, 0.6) is 0 Å². The molecule has 26 heavy (non-hydrogen) atoms. The fourth-order valence-electron chi connectivity index (χ4n) is 3.10. The van der Waals surface area contributed by atoms with Gasteiger partial charge in [-0.3, -0.25) is 4.79 Å². The number of rotatable bonds is 8. The van der Waals surface area contributed by atoms with Gasteiger partial charge in [-0.15, -0.1) is 0 Å². The van der Waals surface area contributed by atoms with Gasteiger partial charge in [-0.25, -0.2) is 9.37 Å². The van der Waals surface area contributed by atoms with Crippen molar-refractivity contribution in [3.63, 3.8) is 0 Å². The predicted octanol–water partition coefficient (Wildman–Crippen LogP) is 1.38. The molecule has 1 fully saturated rings. The number of carbonyl (C=O) groups excluding carboxylic acids is 1. The van der Waals surface area contributed by atoms with E-state index in [4.69, 9.17) is 11.1 Å². The Labute approximate surface area is 152 Å². The van der Waals surface area contributed by atoms with Crippen LogP contribution in [-0.4, -0.2) is 43.3 Å².